The average Bonchev–Trinajstić information content (AvgIpc) is 3.36. The normalized spacial score (nSPS) is 21.2. The summed E-state index contributed by atoms with van der Waals surface area (Å²) < 4.78 is 4.94. The van der Waals surface area contributed by atoms with E-state index in [4.69, 9.17) is 4.52 Å². The number of likely N-dealkylation sites (tertiary alicyclic amines) is 1. The summed E-state index contributed by atoms with van der Waals surface area (Å²) in [7, 11) is 1.90. The third-order valence-corrected chi connectivity index (χ3v) is 5.66. The number of hydrogen-bond donors (Lipinski definition) is 1. The van der Waals surface area contributed by atoms with Gasteiger partial charge in [0.25, 0.3) is 0 Å². The second-order valence-corrected chi connectivity index (χ2v) is 8.21. The van der Waals surface area contributed by atoms with Gasteiger partial charge in [-0.2, -0.15) is 0 Å². The zero-order valence-electron chi connectivity index (χ0n) is 17.2. The molecule has 1 aromatic heterocycles. The lowest BCUT2D eigenvalue weighted by Gasteiger charge is -2.37. The van der Waals surface area contributed by atoms with Crippen molar-refractivity contribution in [1.29, 1.82) is 0 Å². The van der Waals surface area contributed by atoms with Gasteiger partial charge in [0.1, 0.15) is 6.26 Å². The van der Waals surface area contributed by atoms with E-state index >= 15 is 0 Å². The molecular formula is C20H36N6O. The van der Waals surface area contributed by atoms with Crippen LogP contribution < -0.4 is 5.32 Å². The van der Waals surface area contributed by atoms with E-state index in [0.717, 1.165) is 56.8 Å². The van der Waals surface area contributed by atoms with Crippen molar-refractivity contribution in [3.8, 4) is 0 Å². The van der Waals surface area contributed by atoms with E-state index in [0.29, 0.717) is 6.04 Å². The zero-order chi connectivity index (χ0) is 19.1. The molecule has 0 radical (unpaired) electrons. The monoisotopic (exact) mass is 376 g/mol. The molecule has 1 unspecified atom stereocenters. The second kappa shape index (κ2) is 10.1. The number of nitrogens with zero attached hydrogens (tertiary/aromatic N) is 5. The molecule has 1 N–H and O–H groups in total. The Balaban J connectivity index is 1.47. The first-order valence-electron chi connectivity index (χ1n) is 10.5. The zero-order valence-corrected chi connectivity index (χ0v) is 17.2. The van der Waals surface area contributed by atoms with E-state index < -0.39 is 0 Å². The second-order valence-electron chi connectivity index (χ2n) is 8.21. The van der Waals surface area contributed by atoms with Crippen LogP contribution in [0.2, 0.25) is 0 Å². The lowest BCUT2D eigenvalue weighted by atomic mass is 10.0. The molecule has 2 aliphatic heterocycles. The van der Waals surface area contributed by atoms with Crippen molar-refractivity contribution in [2.75, 3.05) is 52.9 Å². The summed E-state index contributed by atoms with van der Waals surface area (Å²) in [5, 5.41) is 7.69. The number of rotatable bonds is 7. The standard InChI is InChI=1S/C20H36N6O/c1-17(2)14-19(25-7-4-5-8-25)15-22-20(21-3)26-11-9-24(10-12-26)16-18-6-13-27-23-18/h6,13,17,19H,4-5,7-12,14-16H2,1-3H3,(H,21,22). The molecule has 3 rings (SSSR count). The van der Waals surface area contributed by atoms with Gasteiger partial charge < -0.3 is 14.7 Å². The highest BCUT2D eigenvalue weighted by molar-refractivity contribution is 5.80. The van der Waals surface area contributed by atoms with Crippen LogP contribution in [-0.4, -0.2) is 84.7 Å². The summed E-state index contributed by atoms with van der Waals surface area (Å²) in [6.07, 6.45) is 5.58. The first-order valence-corrected chi connectivity index (χ1v) is 10.5. The molecule has 0 amide bonds. The van der Waals surface area contributed by atoms with Crippen LogP contribution >= 0.6 is 0 Å². The Bertz CT molecular complexity index is 559. The minimum Gasteiger partial charge on any atom is -0.364 e. The molecule has 0 bridgehead atoms. The average molecular weight is 377 g/mol. The maximum Gasteiger partial charge on any atom is 0.193 e. The number of guanidine groups is 1. The lowest BCUT2D eigenvalue weighted by molar-refractivity contribution is 0.166. The minimum absolute atomic E-state index is 0.609. The molecule has 0 saturated carbocycles. The maximum absolute atomic E-state index is 4.94. The molecule has 7 heteroatoms. The fourth-order valence-corrected chi connectivity index (χ4v) is 4.22. The van der Waals surface area contributed by atoms with Crippen LogP contribution in [0.3, 0.4) is 0 Å². The number of hydrogen-bond acceptors (Lipinski definition) is 5. The predicted molar refractivity (Wildman–Crippen MR) is 109 cm³/mol. The van der Waals surface area contributed by atoms with Gasteiger partial charge >= 0.3 is 0 Å². The molecule has 0 aromatic carbocycles. The van der Waals surface area contributed by atoms with Gasteiger partial charge in [0.2, 0.25) is 0 Å². The molecule has 2 fully saturated rings. The van der Waals surface area contributed by atoms with Crippen molar-refractivity contribution >= 4 is 5.96 Å². The van der Waals surface area contributed by atoms with Gasteiger partial charge in [-0.1, -0.05) is 19.0 Å². The molecule has 0 aliphatic carbocycles. The third kappa shape index (κ3) is 5.94. The highest BCUT2D eigenvalue weighted by Crippen LogP contribution is 2.17. The summed E-state index contributed by atoms with van der Waals surface area (Å²) in [5.41, 5.74) is 1.01. The van der Waals surface area contributed by atoms with E-state index in [1.165, 1.54) is 32.4 Å². The Morgan fingerprint density at radius 1 is 1.19 bits per heavy atom. The Hall–Kier alpha value is -1.60. The van der Waals surface area contributed by atoms with Gasteiger partial charge in [0.15, 0.2) is 5.96 Å². The van der Waals surface area contributed by atoms with Gasteiger partial charge in [-0.05, 0) is 38.3 Å². The largest absolute Gasteiger partial charge is 0.364 e. The fourth-order valence-electron chi connectivity index (χ4n) is 4.22. The van der Waals surface area contributed by atoms with E-state index in [-0.39, 0.29) is 0 Å². The van der Waals surface area contributed by atoms with Crippen molar-refractivity contribution in [1.82, 2.24) is 25.2 Å². The Labute approximate surface area is 163 Å². The van der Waals surface area contributed by atoms with E-state index in [9.17, 15) is 0 Å². The molecule has 3 heterocycles. The number of aromatic nitrogens is 1. The van der Waals surface area contributed by atoms with Crippen LogP contribution in [0.5, 0.6) is 0 Å². The smallest absolute Gasteiger partial charge is 0.193 e. The van der Waals surface area contributed by atoms with E-state index in [2.05, 4.69) is 44.0 Å². The number of piperazine rings is 1. The summed E-state index contributed by atoms with van der Waals surface area (Å²) in [6.45, 7) is 13.0. The van der Waals surface area contributed by atoms with Crippen LogP contribution in [0.25, 0.3) is 0 Å². The van der Waals surface area contributed by atoms with Gasteiger partial charge in [-0.3, -0.25) is 14.8 Å². The molecule has 1 atom stereocenters. The van der Waals surface area contributed by atoms with Crippen LogP contribution in [0.15, 0.2) is 21.8 Å². The quantitative estimate of drug-likeness (QED) is 0.579. The van der Waals surface area contributed by atoms with Crippen molar-refractivity contribution in [2.24, 2.45) is 10.9 Å². The van der Waals surface area contributed by atoms with Gasteiger partial charge in [-0.25, -0.2) is 0 Å². The number of nitrogens with one attached hydrogen (secondary N) is 1. The summed E-state index contributed by atoms with van der Waals surface area (Å²) in [5.74, 6) is 1.77. The minimum atomic E-state index is 0.609. The fraction of sp³-hybridized carbons (Fsp3) is 0.800. The predicted octanol–water partition coefficient (Wildman–Crippen LogP) is 1.88. The molecule has 7 nitrogen and oxygen atoms in total. The molecule has 152 valence electrons. The van der Waals surface area contributed by atoms with Crippen molar-refractivity contribution in [3.63, 3.8) is 0 Å². The van der Waals surface area contributed by atoms with E-state index in [1.54, 1.807) is 6.26 Å². The maximum atomic E-state index is 4.94. The van der Waals surface area contributed by atoms with Crippen LogP contribution in [0.4, 0.5) is 0 Å². The van der Waals surface area contributed by atoms with Gasteiger partial charge in [0.05, 0.1) is 5.69 Å². The molecule has 1 aromatic rings. The third-order valence-electron chi connectivity index (χ3n) is 5.66. The van der Waals surface area contributed by atoms with Crippen LogP contribution in [-0.2, 0) is 6.54 Å². The Kier molecular flexibility index (Phi) is 7.52. The van der Waals surface area contributed by atoms with Crippen LogP contribution in [0.1, 0.15) is 38.8 Å². The first-order chi connectivity index (χ1) is 13.2. The van der Waals surface area contributed by atoms with Gasteiger partial charge in [-0.15, -0.1) is 0 Å². The highest BCUT2D eigenvalue weighted by Gasteiger charge is 2.25. The molecule has 2 saturated heterocycles. The lowest BCUT2D eigenvalue weighted by Crippen LogP contribution is -2.54. The molecule has 0 spiro atoms. The highest BCUT2D eigenvalue weighted by atomic mass is 16.5. The molecule has 2 aliphatic rings. The Morgan fingerprint density at radius 3 is 2.52 bits per heavy atom. The summed E-state index contributed by atoms with van der Waals surface area (Å²) in [4.78, 5) is 12.0. The van der Waals surface area contributed by atoms with Crippen molar-refractivity contribution < 1.29 is 4.52 Å². The summed E-state index contributed by atoms with van der Waals surface area (Å²) in [6, 6.07) is 2.55. The van der Waals surface area contributed by atoms with Gasteiger partial charge in [0, 0.05) is 58.4 Å². The molecular weight excluding hydrogens is 340 g/mol. The topological polar surface area (TPSA) is 60.1 Å². The number of aliphatic imine (C=N–C) groups is 1. The Morgan fingerprint density at radius 2 is 1.93 bits per heavy atom. The molecule has 27 heavy (non-hydrogen) atoms. The van der Waals surface area contributed by atoms with Crippen LogP contribution in [0, 0.1) is 5.92 Å². The first kappa shape index (κ1) is 20.1. The van der Waals surface area contributed by atoms with E-state index in [1.807, 2.05) is 13.1 Å². The van der Waals surface area contributed by atoms with Crippen molar-refractivity contribution in [2.45, 2.75) is 45.7 Å². The summed E-state index contributed by atoms with van der Waals surface area (Å²) >= 11 is 0. The SMILES string of the molecule is CN=C(NCC(CC(C)C)N1CCCC1)N1CCN(Cc2ccon2)CC1. The van der Waals surface area contributed by atoms with Crippen molar-refractivity contribution in [3.05, 3.63) is 18.0 Å².